The van der Waals surface area contributed by atoms with Crippen LogP contribution in [0.1, 0.15) is 48.2 Å². The molecule has 0 heterocycles. The van der Waals surface area contributed by atoms with Crippen molar-refractivity contribution in [3.8, 4) is 11.5 Å². The van der Waals surface area contributed by atoms with Crippen molar-refractivity contribution < 1.29 is 29.3 Å². The van der Waals surface area contributed by atoms with Gasteiger partial charge in [0.15, 0.2) is 0 Å². The van der Waals surface area contributed by atoms with E-state index in [0.717, 1.165) is 22.9 Å². The summed E-state index contributed by atoms with van der Waals surface area (Å²) in [5.41, 5.74) is 1.20. The molecule has 0 fully saturated rings. The fourth-order valence-corrected chi connectivity index (χ4v) is 3.74. The van der Waals surface area contributed by atoms with E-state index < -0.39 is 23.9 Å². The van der Waals surface area contributed by atoms with Crippen LogP contribution in [0.4, 0.5) is 0 Å². The zero-order valence-electron chi connectivity index (χ0n) is 19.1. The topological polar surface area (TPSA) is 113 Å². The second-order valence-electron chi connectivity index (χ2n) is 8.11. The highest BCUT2D eigenvalue weighted by Crippen LogP contribution is 2.24. The first-order valence-electron chi connectivity index (χ1n) is 11.2. The maximum atomic E-state index is 13.1. The van der Waals surface area contributed by atoms with Gasteiger partial charge < -0.3 is 20.3 Å². The number of aromatic carboxylic acids is 2. The summed E-state index contributed by atoms with van der Waals surface area (Å²) in [6.45, 7) is 0. The quantitative estimate of drug-likeness (QED) is 0.287. The van der Waals surface area contributed by atoms with E-state index in [9.17, 15) is 24.6 Å². The minimum absolute atomic E-state index is 0.0418. The Hall–Kier alpha value is -4.91. The number of ether oxygens (including phenoxy) is 1. The predicted octanol–water partition coefficient (Wildman–Crippen LogP) is 5.59. The molecule has 7 heteroatoms. The van der Waals surface area contributed by atoms with Gasteiger partial charge in [-0.3, -0.25) is 4.79 Å². The summed E-state index contributed by atoms with van der Waals surface area (Å²) in [5.74, 6) is -1.80. The van der Waals surface area contributed by atoms with Crippen LogP contribution in [0.25, 0.3) is 0 Å². The van der Waals surface area contributed by atoms with Crippen LogP contribution in [0.5, 0.6) is 11.5 Å². The highest BCUT2D eigenvalue weighted by Gasteiger charge is 2.20. The predicted molar refractivity (Wildman–Crippen MR) is 134 cm³/mol. The number of carbonyl (C=O) groups excluding carboxylic acids is 1. The number of para-hydroxylation sites is 1. The van der Waals surface area contributed by atoms with Crippen LogP contribution in [0, 0.1) is 0 Å². The van der Waals surface area contributed by atoms with Gasteiger partial charge in [-0.25, -0.2) is 9.59 Å². The standard InChI is InChI=1S/C29H23NO6/c31-27(21-16-22(28(32)33)18-23(17-21)29(34)35)30-26(20-7-3-1-4-8-20)15-19-11-13-25(14-12-19)36-24-9-5-2-6-10-24/h1-14,16-18,26H,15H2,(H,30,31)(H,32,33)(H,34,35). The second-order valence-corrected chi connectivity index (χ2v) is 8.11. The van der Waals surface area contributed by atoms with E-state index >= 15 is 0 Å². The Morgan fingerprint density at radius 3 is 1.72 bits per heavy atom. The third-order valence-corrected chi connectivity index (χ3v) is 5.54. The molecule has 180 valence electrons. The van der Waals surface area contributed by atoms with Gasteiger partial charge in [0.2, 0.25) is 0 Å². The Kier molecular flexibility index (Phi) is 7.41. The highest BCUT2D eigenvalue weighted by atomic mass is 16.5. The summed E-state index contributed by atoms with van der Waals surface area (Å²) >= 11 is 0. The number of carboxylic acids is 2. The highest BCUT2D eigenvalue weighted by molar-refractivity contribution is 6.01. The molecule has 0 aliphatic rings. The third kappa shape index (κ3) is 6.15. The summed E-state index contributed by atoms with van der Waals surface area (Å²) in [6.07, 6.45) is 0.450. The van der Waals surface area contributed by atoms with Gasteiger partial charge in [0.25, 0.3) is 5.91 Å². The molecule has 0 radical (unpaired) electrons. The molecular formula is C29H23NO6. The molecule has 0 bridgehead atoms. The van der Waals surface area contributed by atoms with Crippen LogP contribution in [0.3, 0.4) is 0 Å². The molecule has 4 aromatic carbocycles. The van der Waals surface area contributed by atoms with Crippen LogP contribution < -0.4 is 10.1 Å². The number of amides is 1. The van der Waals surface area contributed by atoms with Crippen molar-refractivity contribution in [2.45, 2.75) is 12.5 Å². The van der Waals surface area contributed by atoms with Crippen LogP contribution in [0.2, 0.25) is 0 Å². The van der Waals surface area contributed by atoms with Gasteiger partial charge in [-0.1, -0.05) is 60.7 Å². The average molecular weight is 482 g/mol. The lowest BCUT2D eigenvalue weighted by molar-refractivity contribution is 0.0696. The van der Waals surface area contributed by atoms with Crippen molar-refractivity contribution in [3.63, 3.8) is 0 Å². The van der Waals surface area contributed by atoms with E-state index in [0.29, 0.717) is 12.2 Å². The van der Waals surface area contributed by atoms with E-state index in [-0.39, 0.29) is 16.7 Å². The Morgan fingerprint density at radius 1 is 0.667 bits per heavy atom. The summed E-state index contributed by atoms with van der Waals surface area (Å²) < 4.78 is 5.84. The first-order valence-corrected chi connectivity index (χ1v) is 11.2. The van der Waals surface area contributed by atoms with Crippen LogP contribution >= 0.6 is 0 Å². The normalized spacial score (nSPS) is 11.3. The van der Waals surface area contributed by atoms with Gasteiger partial charge in [-0.2, -0.15) is 0 Å². The van der Waals surface area contributed by atoms with E-state index in [2.05, 4.69) is 5.32 Å². The number of hydrogen-bond donors (Lipinski definition) is 3. The van der Waals surface area contributed by atoms with Crippen molar-refractivity contribution in [3.05, 3.63) is 131 Å². The number of rotatable bonds is 9. The lowest BCUT2D eigenvalue weighted by Crippen LogP contribution is -2.30. The maximum Gasteiger partial charge on any atom is 0.335 e. The molecule has 0 aliphatic carbocycles. The van der Waals surface area contributed by atoms with Crippen LogP contribution in [0.15, 0.2) is 103 Å². The van der Waals surface area contributed by atoms with E-state index in [1.807, 2.05) is 84.9 Å². The lowest BCUT2D eigenvalue weighted by Gasteiger charge is -2.20. The molecule has 0 saturated heterocycles. The Balaban J connectivity index is 1.56. The molecular weight excluding hydrogens is 458 g/mol. The zero-order chi connectivity index (χ0) is 25.5. The number of benzene rings is 4. The molecule has 1 unspecified atom stereocenters. The molecule has 3 N–H and O–H groups in total. The average Bonchev–Trinajstić information content (AvgIpc) is 2.90. The molecule has 36 heavy (non-hydrogen) atoms. The number of hydrogen-bond acceptors (Lipinski definition) is 4. The van der Waals surface area contributed by atoms with Crippen molar-refractivity contribution in [2.75, 3.05) is 0 Å². The van der Waals surface area contributed by atoms with Gasteiger partial charge in [-0.05, 0) is 60.0 Å². The molecule has 0 spiro atoms. The molecule has 7 nitrogen and oxygen atoms in total. The number of carboxylic acid groups (broad SMARTS) is 2. The zero-order valence-corrected chi connectivity index (χ0v) is 19.1. The monoisotopic (exact) mass is 481 g/mol. The third-order valence-electron chi connectivity index (χ3n) is 5.54. The van der Waals surface area contributed by atoms with Gasteiger partial charge in [0, 0.05) is 5.56 Å². The fourth-order valence-electron chi connectivity index (χ4n) is 3.74. The van der Waals surface area contributed by atoms with E-state index in [1.54, 1.807) is 0 Å². The van der Waals surface area contributed by atoms with Gasteiger partial charge in [0.05, 0.1) is 17.2 Å². The minimum Gasteiger partial charge on any atom is -0.478 e. The van der Waals surface area contributed by atoms with Crippen LogP contribution in [-0.4, -0.2) is 28.1 Å². The lowest BCUT2D eigenvalue weighted by atomic mass is 9.98. The largest absolute Gasteiger partial charge is 0.478 e. The molecule has 0 aliphatic heterocycles. The van der Waals surface area contributed by atoms with Crippen LogP contribution in [-0.2, 0) is 6.42 Å². The smallest absolute Gasteiger partial charge is 0.335 e. The van der Waals surface area contributed by atoms with Crippen molar-refractivity contribution >= 4 is 17.8 Å². The van der Waals surface area contributed by atoms with E-state index in [1.165, 1.54) is 12.1 Å². The second kappa shape index (κ2) is 11.0. The molecule has 4 rings (SSSR count). The fraction of sp³-hybridized carbons (Fsp3) is 0.0690. The Morgan fingerprint density at radius 2 is 1.17 bits per heavy atom. The first-order chi connectivity index (χ1) is 17.4. The number of carbonyl (C=O) groups is 3. The van der Waals surface area contributed by atoms with Crippen molar-refractivity contribution in [2.24, 2.45) is 0 Å². The van der Waals surface area contributed by atoms with Gasteiger partial charge in [0.1, 0.15) is 11.5 Å². The molecule has 1 amide bonds. The molecule has 0 aromatic heterocycles. The summed E-state index contributed by atoms with van der Waals surface area (Å²) in [4.78, 5) is 36.0. The maximum absolute atomic E-state index is 13.1. The SMILES string of the molecule is O=C(O)c1cc(C(=O)O)cc(C(=O)NC(Cc2ccc(Oc3ccccc3)cc2)c2ccccc2)c1. The number of nitrogens with one attached hydrogen (secondary N) is 1. The summed E-state index contributed by atoms with van der Waals surface area (Å²) in [5, 5.41) is 21.6. The van der Waals surface area contributed by atoms with Gasteiger partial charge >= 0.3 is 11.9 Å². The molecule has 0 saturated carbocycles. The minimum atomic E-state index is -1.32. The van der Waals surface area contributed by atoms with E-state index in [4.69, 9.17) is 4.74 Å². The van der Waals surface area contributed by atoms with Crippen molar-refractivity contribution in [1.29, 1.82) is 0 Å². The Labute approximate surface area is 207 Å². The van der Waals surface area contributed by atoms with Gasteiger partial charge in [-0.15, -0.1) is 0 Å². The summed E-state index contributed by atoms with van der Waals surface area (Å²) in [6, 6.07) is 29.2. The first kappa shape index (κ1) is 24.2. The summed E-state index contributed by atoms with van der Waals surface area (Å²) in [7, 11) is 0. The molecule has 4 aromatic rings. The van der Waals surface area contributed by atoms with Crippen molar-refractivity contribution in [1.82, 2.24) is 5.32 Å². The Bertz CT molecular complexity index is 1340. The molecule has 1 atom stereocenters.